The van der Waals surface area contributed by atoms with Gasteiger partial charge in [-0.25, -0.2) is 4.39 Å². The molecule has 0 fully saturated rings. The molecule has 0 atom stereocenters. The second kappa shape index (κ2) is 5.16. The molecule has 1 rings (SSSR count). The van der Waals surface area contributed by atoms with Crippen LogP contribution in [0.25, 0.3) is 0 Å². The Kier molecular flexibility index (Phi) is 4.12. The molecule has 90 valence electrons. The highest BCUT2D eigenvalue weighted by molar-refractivity contribution is 5.46. The van der Waals surface area contributed by atoms with Crippen molar-refractivity contribution in [2.24, 2.45) is 5.73 Å². The molecule has 0 bridgehead atoms. The number of hydrogen-bond acceptors (Lipinski definition) is 2. The lowest BCUT2D eigenvalue weighted by molar-refractivity contribution is -0.137. The molecule has 2 nitrogen and oxygen atoms in total. The quantitative estimate of drug-likeness (QED) is 0.623. The average Bonchev–Trinajstić information content (AvgIpc) is 2.19. The third-order valence-corrected chi connectivity index (χ3v) is 1.99. The Bertz CT molecular complexity index is 349. The van der Waals surface area contributed by atoms with Crippen LogP contribution in [-0.4, -0.2) is 13.1 Å². The van der Waals surface area contributed by atoms with Crippen LogP contribution in [0, 0.1) is 5.82 Å². The summed E-state index contributed by atoms with van der Waals surface area (Å²) in [5, 5.41) is 2.67. The van der Waals surface area contributed by atoms with E-state index in [4.69, 9.17) is 5.73 Å². The molecule has 0 aliphatic rings. The van der Waals surface area contributed by atoms with Gasteiger partial charge in [-0.05, 0) is 31.2 Å². The van der Waals surface area contributed by atoms with Crippen molar-refractivity contribution in [3.05, 3.63) is 29.6 Å². The molecule has 0 amide bonds. The van der Waals surface area contributed by atoms with E-state index in [0.717, 1.165) is 12.1 Å². The first kappa shape index (κ1) is 12.8. The highest BCUT2D eigenvalue weighted by atomic mass is 19.4. The van der Waals surface area contributed by atoms with Crippen LogP contribution in [0.1, 0.15) is 12.0 Å². The summed E-state index contributed by atoms with van der Waals surface area (Å²) in [5.41, 5.74) is 4.29. The summed E-state index contributed by atoms with van der Waals surface area (Å²) in [6.45, 7) is 0.869. The molecule has 0 unspecified atom stereocenters. The van der Waals surface area contributed by atoms with Gasteiger partial charge in [0.2, 0.25) is 0 Å². The van der Waals surface area contributed by atoms with Gasteiger partial charge in [-0.2, -0.15) is 13.2 Å². The Morgan fingerprint density at radius 2 is 1.94 bits per heavy atom. The van der Waals surface area contributed by atoms with E-state index in [1.807, 2.05) is 0 Å². The van der Waals surface area contributed by atoms with Crippen LogP contribution in [-0.2, 0) is 6.18 Å². The highest BCUT2D eigenvalue weighted by Gasteiger charge is 2.31. The second-order valence-corrected chi connectivity index (χ2v) is 3.26. The topological polar surface area (TPSA) is 38.0 Å². The monoisotopic (exact) mass is 236 g/mol. The number of hydrogen-bond donors (Lipinski definition) is 2. The minimum atomic E-state index is -4.52. The molecule has 0 aliphatic heterocycles. The Hall–Kier alpha value is -1.30. The van der Waals surface area contributed by atoms with E-state index in [-0.39, 0.29) is 5.69 Å². The van der Waals surface area contributed by atoms with E-state index >= 15 is 0 Å². The van der Waals surface area contributed by atoms with Gasteiger partial charge in [0.1, 0.15) is 5.82 Å². The lowest BCUT2D eigenvalue weighted by Crippen LogP contribution is -2.10. The van der Waals surface area contributed by atoms with Crippen molar-refractivity contribution in [3.8, 4) is 0 Å². The highest BCUT2D eigenvalue weighted by Crippen LogP contribution is 2.31. The summed E-state index contributed by atoms with van der Waals surface area (Å²) >= 11 is 0. The lowest BCUT2D eigenvalue weighted by atomic mass is 10.2. The summed E-state index contributed by atoms with van der Waals surface area (Å²) < 4.78 is 49.8. The maximum absolute atomic E-state index is 13.2. The van der Waals surface area contributed by atoms with Crippen LogP contribution in [0.15, 0.2) is 18.2 Å². The zero-order chi connectivity index (χ0) is 12.2. The Labute approximate surface area is 90.4 Å². The molecule has 16 heavy (non-hydrogen) atoms. The van der Waals surface area contributed by atoms with Gasteiger partial charge in [0.25, 0.3) is 0 Å². The number of alkyl halides is 3. The van der Waals surface area contributed by atoms with Crippen molar-refractivity contribution in [2.45, 2.75) is 12.6 Å². The number of halogens is 4. The molecule has 0 aliphatic carbocycles. The predicted molar refractivity (Wildman–Crippen MR) is 53.6 cm³/mol. The molecular weight excluding hydrogens is 224 g/mol. The van der Waals surface area contributed by atoms with E-state index in [2.05, 4.69) is 5.32 Å². The van der Waals surface area contributed by atoms with Crippen LogP contribution in [0.3, 0.4) is 0 Å². The van der Waals surface area contributed by atoms with Gasteiger partial charge in [-0.15, -0.1) is 0 Å². The van der Waals surface area contributed by atoms with Crippen LogP contribution in [0.2, 0.25) is 0 Å². The largest absolute Gasteiger partial charge is 0.416 e. The summed E-state index contributed by atoms with van der Waals surface area (Å²) in [4.78, 5) is 0. The van der Waals surface area contributed by atoms with E-state index in [0.29, 0.717) is 25.6 Å². The minimum Gasteiger partial charge on any atom is -0.383 e. The van der Waals surface area contributed by atoms with E-state index in [1.165, 1.54) is 0 Å². The molecule has 6 heteroatoms. The molecule has 0 aromatic heterocycles. The lowest BCUT2D eigenvalue weighted by Gasteiger charge is -2.10. The van der Waals surface area contributed by atoms with E-state index in [9.17, 15) is 17.6 Å². The fraction of sp³-hybridized carbons (Fsp3) is 0.400. The van der Waals surface area contributed by atoms with Crippen LogP contribution < -0.4 is 11.1 Å². The number of anilines is 1. The number of benzene rings is 1. The van der Waals surface area contributed by atoms with Gasteiger partial charge in [0.15, 0.2) is 0 Å². The number of nitrogens with two attached hydrogens (primary N) is 1. The van der Waals surface area contributed by atoms with Crippen LogP contribution >= 0.6 is 0 Å². The van der Waals surface area contributed by atoms with Gasteiger partial charge in [-0.3, -0.25) is 0 Å². The van der Waals surface area contributed by atoms with Gasteiger partial charge >= 0.3 is 6.18 Å². The molecule has 1 aromatic carbocycles. The fourth-order valence-electron chi connectivity index (χ4n) is 1.16. The fourth-order valence-corrected chi connectivity index (χ4v) is 1.16. The summed E-state index contributed by atoms with van der Waals surface area (Å²) in [7, 11) is 0. The van der Waals surface area contributed by atoms with E-state index in [1.54, 1.807) is 0 Å². The zero-order valence-electron chi connectivity index (χ0n) is 8.44. The summed E-state index contributed by atoms with van der Waals surface area (Å²) in [6.07, 6.45) is -3.89. The molecule has 0 saturated carbocycles. The first-order valence-corrected chi connectivity index (χ1v) is 4.76. The molecular formula is C10H12F4N2. The SMILES string of the molecule is NCCCNc1ccc(C(F)(F)F)cc1F. The smallest absolute Gasteiger partial charge is 0.383 e. The first-order chi connectivity index (χ1) is 7.45. The third kappa shape index (κ3) is 3.37. The molecule has 3 N–H and O–H groups in total. The first-order valence-electron chi connectivity index (χ1n) is 4.76. The van der Waals surface area contributed by atoms with Crippen LogP contribution in [0.5, 0.6) is 0 Å². The van der Waals surface area contributed by atoms with Crippen LogP contribution in [0.4, 0.5) is 23.2 Å². The summed E-state index contributed by atoms with van der Waals surface area (Å²) in [5.74, 6) is -0.910. The summed E-state index contributed by atoms with van der Waals surface area (Å²) in [6, 6.07) is 2.40. The van der Waals surface area contributed by atoms with Crippen molar-refractivity contribution in [3.63, 3.8) is 0 Å². The molecule has 1 aromatic rings. The maximum atomic E-state index is 13.2. The van der Waals surface area contributed by atoms with Gasteiger partial charge < -0.3 is 11.1 Å². The van der Waals surface area contributed by atoms with Crippen molar-refractivity contribution in [2.75, 3.05) is 18.4 Å². The maximum Gasteiger partial charge on any atom is 0.416 e. The van der Waals surface area contributed by atoms with Crippen molar-refractivity contribution >= 4 is 5.69 Å². The number of nitrogens with one attached hydrogen (secondary N) is 1. The molecule has 0 heterocycles. The Morgan fingerprint density at radius 1 is 1.25 bits per heavy atom. The van der Waals surface area contributed by atoms with Crippen molar-refractivity contribution in [1.82, 2.24) is 0 Å². The third-order valence-electron chi connectivity index (χ3n) is 1.99. The molecule has 0 spiro atoms. The standard InChI is InChI=1S/C10H12F4N2/c11-8-6-7(10(12,13)14)2-3-9(8)16-5-1-4-15/h2-3,6,16H,1,4-5,15H2. The minimum absolute atomic E-state index is 0.0569. The van der Waals surface area contributed by atoms with E-state index < -0.39 is 17.6 Å². The molecule has 0 radical (unpaired) electrons. The van der Waals surface area contributed by atoms with Gasteiger partial charge in [0.05, 0.1) is 11.3 Å². The second-order valence-electron chi connectivity index (χ2n) is 3.26. The van der Waals surface area contributed by atoms with Gasteiger partial charge in [0, 0.05) is 6.54 Å². The molecule has 0 saturated heterocycles. The zero-order valence-corrected chi connectivity index (χ0v) is 8.44. The predicted octanol–water partition coefficient (Wildman–Crippen LogP) is 2.61. The Morgan fingerprint density at radius 3 is 2.44 bits per heavy atom. The van der Waals surface area contributed by atoms with Crippen molar-refractivity contribution in [1.29, 1.82) is 0 Å². The average molecular weight is 236 g/mol. The number of rotatable bonds is 4. The normalized spacial score (nSPS) is 11.6. The van der Waals surface area contributed by atoms with Crippen molar-refractivity contribution < 1.29 is 17.6 Å². The Balaban J connectivity index is 2.76. The van der Waals surface area contributed by atoms with Gasteiger partial charge in [-0.1, -0.05) is 0 Å².